The second kappa shape index (κ2) is 24.8. The van der Waals surface area contributed by atoms with Crippen LogP contribution >= 0.6 is 0 Å². The number of ether oxygens (including phenoxy) is 5. The number of hydrogen-bond acceptors (Lipinski definition) is 14. The largest absolute Gasteiger partial charge is 0.394 e. The van der Waals surface area contributed by atoms with Gasteiger partial charge in [-0.2, -0.15) is 0 Å². The van der Waals surface area contributed by atoms with Crippen LogP contribution in [0.1, 0.15) is 38.5 Å². The lowest BCUT2D eigenvalue weighted by Crippen LogP contribution is -2.59. The second-order valence-corrected chi connectivity index (χ2v) is 9.73. The highest BCUT2D eigenvalue weighted by molar-refractivity contribution is 5.84. The molecule has 0 aromatic carbocycles. The topological polar surface area (TPSA) is 269 Å². The van der Waals surface area contributed by atoms with Crippen molar-refractivity contribution in [3.63, 3.8) is 0 Å². The first-order chi connectivity index (χ1) is 21.2. The van der Waals surface area contributed by atoms with Gasteiger partial charge in [-0.1, -0.05) is 0 Å². The number of hydrazine groups is 1. The van der Waals surface area contributed by atoms with E-state index in [1.165, 1.54) is 0 Å². The number of rotatable bonds is 25. The highest BCUT2D eigenvalue weighted by Gasteiger charge is 2.43. The van der Waals surface area contributed by atoms with Gasteiger partial charge in [0.15, 0.2) is 6.29 Å². The quantitative estimate of drug-likeness (QED) is 0.0197. The molecule has 18 nitrogen and oxygen atoms in total. The summed E-state index contributed by atoms with van der Waals surface area (Å²) < 4.78 is 26.7. The first kappa shape index (κ1) is 39.5. The van der Waals surface area contributed by atoms with Gasteiger partial charge in [-0.15, -0.1) is 0 Å². The van der Waals surface area contributed by atoms with Crippen LogP contribution in [0.5, 0.6) is 0 Å². The number of aliphatic hydroxyl groups excluding tert-OH is 4. The monoisotopic (exact) mass is 639 g/mol. The van der Waals surface area contributed by atoms with E-state index in [0.29, 0.717) is 65.6 Å². The number of carbonyl (C=O) groups excluding carboxylic acids is 4. The van der Waals surface area contributed by atoms with Crippen LogP contribution in [-0.2, 0) is 42.9 Å². The summed E-state index contributed by atoms with van der Waals surface area (Å²) in [4.78, 5) is 46.3. The zero-order valence-corrected chi connectivity index (χ0v) is 24.9. The number of nitrogens with one attached hydrogen (secondary N) is 4. The van der Waals surface area contributed by atoms with Gasteiger partial charge in [-0.05, 0) is 12.8 Å². The Morgan fingerprint density at radius 1 is 0.614 bits per heavy atom. The van der Waals surface area contributed by atoms with Crippen molar-refractivity contribution in [3.05, 3.63) is 0 Å². The van der Waals surface area contributed by atoms with Gasteiger partial charge >= 0.3 is 0 Å². The molecule has 1 heterocycles. The van der Waals surface area contributed by atoms with Crippen molar-refractivity contribution < 1.29 is 63.3 Å². The molecule has 4 amide bonds. The lowest BCUT2D eigenvalue weighted by Gasteiger charge is -2.39. The molecule has 0 saturated carbocycles. The molecule has 0 aromatic heterocycles. The maximum Gasteiger partial charge on any atom is 0.234 e. The van der Waals surface area contributed by atoms with E-state index in [-0.39, 0.29) is 56.6 Å². The van der Waals surface area contributed by atoms with Crippen molar-refractivity contribution >= 4 is 23.6 Å². The number of amides is 4. The minimum absolute atomic E-state index is 0.000123. The van der Waals surface area contributed by atoms with E-state index < -0.39 is 43.2 Å². The third-order valence-corrected chi connectivity index (χ3v) is 6.19. The van der Waals surface area contributed by atoms with Crippen LogP contribution in [-0.4, -0.2) is 147 Å². The van der Waals surface area contributed by atoms with Crippen molar-refractivity contribution in [2.24, 2.45) is 5.84 Å². The average molecular weight is 640 g/mol. The van der Waals surface area contributed by atoms with Gasteiger partial charge < -0.3 is 60.1 Å². The SMILES string of the molecule is NNC(=O)CCC(=O)NCCCOCCOCCOCCCNC(=O)CCC(=O)NCCO[C@H]1O[C@H](CO)[C@H](O)[C@H](O)[C@H]1O. The highest BCUT2D eigenvalue weighted by Crippen LogP contribution is 2.21. The molecule has 256 valence electrons. The van der Waals surface area contributed by atoms with E-state index in [9.17, 15) is 34.5 Å². The number of carbonyl (C=O) groups is 4. The van der Waals surface area contributed by atoms with Crippen molar-refractivity contribution in [1.29, 1.82) is 0 Å². The minimum atomic E-state index is -1.55. The van der Waals surface area contributed by atoms with E-state index in [2.05, 4.69) is 16.0 Å². The number of nitrogens with two attached hydrogens (primary N) is 1. The molecule has 10 N–H and O–H groups in total. The standard InChI is InChI=1S/C26H49N5O13/c27-31-22(36)6-5-20(34)29-8-2-11-41-14-16-42-15-13-40-10-1-7-28-19(33)3-4-21(35)30-9-12-43-26-25(39)24(38)23(37)18(17-32)44-26/h18,23-26,32,37-39H,1-17,27H2,(H,28,33)(H,29,34)(H,30,35)(H,31,36)/t18-,23+,24+,25-,26+/m1/s1. The molecule has 0 aromatic rings. The molecule has 5 atom stereocenters. The van der Waals surface area contributed by atoms with Crippen LogP contribution < -0.4 is 27.2 Å². The van der Waals surface area contributed by atoms with Gasteiger partial charge in [0, 0.05) is 58.5 Å². The zero-order valence-electron chi connectivity index (χ0n) is 24.9. The summed E-state index contributed by atoms with van der Waals surface area (Å²) in [7, 11) is 0. The first-order valence-corrected chi connectivity index (χ1v) is 14.6. The summed E-state index contributed by atoms with van der Waals surface area (Å²) in [5.41, 5.74) is 1.96. The third-order valence-electron chi connectivity index (χ3n) is 6.19. The van der Waals surface area contributed by atoms with Crippen molar-refractivity contribution in [2.75, 3.05) is 72.5 Å². The molecule has 1 fully saturated rings. The Kier molecular flexibility index (Phi) is 22.2. The Morgan fingerprint density at radius 3 is 1.55 bits per heavy atom. The maximum atomic E-state index is 11.9. The van der Waals surface area contributed by atoms with Gasteiger partial charge in [0.2, 0.25) is 23.6 Å². The van der Waals surface area contributed by atoms with Crippen LogP contribution in [0.25, 0.3) is 0 Å². The van der Waals surface area contributed by atoms with Crippen LogP contribution in [0, 0.1) is 0 Å². The Hall–Kier alpha value is -2.52. The predicted molar refractivity (Wildman–Crippen MR) is 151 cm³/mol. The lowest BCUT2D eigenvalue weighted by molar-refractivity contribution is -0.300. The summed E-state index contributed by atoms with van der Waals surface area (Å²) >= 11 is 0. The van der Waals surface area contributed by atoms with Crippen LogP contribution in [0.2, 0.25) is 0 Å². The van der Waals surface area contributed by atoms with Gasteiger partial charge in [-0.25, -0.2) is 5.84 Å². The smallest absolute Gasteiger partial charge is 0.234 e. The summed E-state index contributed by atoms with van der Waals surface area (Å²) in [5.74, 6) is 3.68. The Morgan fingerprint density at radius 2 is 1.07 bits per heavy atom. The molecule has 0 bridgehead atoms. The molecule has 1 rings (SSSR count). The van der Waals surface area contributed by atoms with E-state index >= 15 is 0 Å². The second-order valence-electron chi connectivity index (χ2n) is 9.73. The van der Waals surface area contributed by atoms with Gasteiger partial charge in [0.1, 0.15) is 24.4 Å². The Bertz CT molecular complexity index is 823. The fourth-order valence-corrected chi connectivity index (χ4v) is 3.71. The van der Waals surface area contributed by atoms with E-state index in [4.69, 9.17) is 34.6 Å². The van der Waals surface area contributed by atoms with Gasteiger partial charge in [0.05, 0.1) is 39.6 Å². The number of aliphatic hydroxyl groups is 4. The van der Waals surface area contributed by atoms with E-state index in [1.807, 2.05) is 5.43 Å². The Balaban J connectivity index is 1.88. The average Bonchev–Trinajstić information content (AvgIpc) is 3.02. The molecular weight excluding hydrogens is 590 g/mol. The molecule has 0 radical (unpaired) electrons. The summed E-state index contributed by atoms with van der Waals surface area (Å²) in [6.45, 7) is 2.75. The molecule has 44 heavy (non-hydrogen) atoms. The van der Waals surface area contributed by atoms with Crippen molar-refractivity contribution in [2.45, 2.75) is 69.2 Å². The zero-order chi connectivity index (χ0) is 32.6. The molecular formula is C26H49N5O13. The lowest BCUT2D eigenvalue weighted by atomic mass is 9.99. The minimum Gasteiger partial charge on any atom is -0.394 e. The fourth-order valence-electron chi connectivity index (χ4n) is 3.71. The predicted octanol–water partition coefficient (Wildman–Crippen LogP) is -4.47. The van der Waals surface area contributed by atoms with Gasteiger partial charge in [0.25, 0.3) is 0 Å². The Labute approximate surface area is 256 Å². The molecule has 1 aliphatic heterocycles. The van der Waals surface area contributed by atoms with E-state index in [1.54, 1.807) is 0 Å². The van der Waals surface area contributed by atoms with Crippen molar-refractivity contribution in [1.82, 2.24) is 21.4 Å². The summed E-state index contributed by atoms with van der Waals surface area (Å²) in [6.07, 6.45) is -5.59. The summed E-state index contributed by atoms with van der Waals surface area (Å²) in [5, 5.41) is 46.5. The van der Waals surface area contributed by atoms with Crippen LogP contribution in [0.3, 0.4) is 0 Å². The molecule has 18 heteroatoms. The molecule has 0 unspecified atom stereocenters. The van der Waals surface area contributed by atoms with Crippen molar-refractivity contribution in [3.8, 4) is 0 Å². The van der Waals surface area contributed by atoms with Gasteiger partial charge in [-0.3, -0.25) is 24.6 Å². The maximum absolute atomic E-state index is 11.9. The summed E-state index contributed by atoms with van der Waals surface area (Å²) in [6, 6.07) is 0. The molecule has 1 saturated heterocycles. The molecule has 0 aliphatic carbocycles. The third kappa shape index (κ3) is 18.3. The van der Waals surface area contributed by atoms with Crippen LogP contribution in [0.4, 0.5) is 0 Å². The molecule has 0 spiro atoms. The molecule has 1 aliphatic rings. The highest BCUT2D eigenvalue weighted by atomic mass is 16.7. The normalized spacial score (nSPS) is 21.4. The number of hydrogen-bond donors (Lipinski definition) is 9. The van der Waals surface area contributed by atoms with Crippen LogP contribution in [0.15, 0.2) is 0 Å². The van der Waals surface area contributed by atoms with E-state index in [0.717, 1.165) is 0 Å². The fraction of sp³-hybridized carbons (Fsp3) is 0.846. The first-order valence-electron chi connectivity index (χ1n) is 14.6.